The lowest BCUT2D eigenvalue weighted by atomic mass is 9.57. The number of ether oxygens (including phenoxy) is 1. The van der Waals surface area contributed by atoms with Gasteiger partial charge in [-0.05, 0) is 85.6 Å². The van der Waals surface area contributed by atoms with Crippen molar-refractivity contribution in [3.8, 4) is 5.75 Å². The summed E-state index contributed by atoms with van der Waals surface area (Å²) in [6.07, 6.45) is 5.42. The summed E-state index contributed by atoms with van der Waals surface area (Å²) in [6.45, 7) is 6.80. The summed E-state index contributed by atoms with van der Waals surface area (Å²) in [7, 11) is 1.63. The molecule has 4 atom stereocenters. The van der Waals surface area contributed by atoms with E-state index < -0.39 is 5.60 Å². The Hall–Kier alpha value is -2.80. The molecule has 4 rings (SSSR count). The molecule has 0 unspecified atom stereocenters. The van der Waals surface area contributed by atoms with Crippen LogP contribution in [0.5, 0.6) is 5.75 Å². The molecule has 190 valence electrons. The molecule has 2 aliphatic rings. The van der Waals surface area contributed by atoms with E-state index in [0.29, 0.717) is 38.0 Å². The zero-order chi connectivity index (χ0) is 25.3. The van der Waals surface area contributed by atoms with Gasteiger partial charge in [0.05, 0.1) is 19.0 Å². The van der Waals surface area contributed by atoms with Gasteiger partial charge in [0.25, 0.3) is 5.91 Å². The molecule has 2 aromatic rings. The predicted octanol–water partition coefficient (Wildman–Crippen LogP) is 4.45. The van der Waals surface area contributed by atoms with Crippen molar-refractivity contribution in [3.63, 3.8) is 0 Å². The average molecular weight is 483 g/mol. The van der Waals surface area contributed by atoms with Gasteiger partial charge in [-0.25, -0.2) is 0 Å². The standard InChI is InChI=1S/C28H38N2O5/c1-26(2)17-23(30-25(32)21-6-5-15-35-21)28(14-13-27(3,33)16-22(26)28)12-11-24(31)29-18-19-7-9-20(34-4)10-8-19/h5-10,15,22-23,33H,11-14,16-18H2,1-4H3,(H,29,31)(H,30,32)/t22-,23-,27+,28+/m0/s1. The topological polar surface area (TPSA) is 101 Å². The number of carbonyl (C=O) groups is 2. The molecule has 1 heterocycles. The highest BCUT2D eigenvalue weighted by Crippen LogP contribution is 2.63. The first-order chi connectivity index (χ1) is 16.5. The van der Waals surface area contributed by atoms with Gasteiger partial charge in [-0.3, -0.25) is 9.59 Å². The minimum atomic E-state index is -0.734. The van der Waals surface area contributed by atoms with Crippen LogP contribution in [0.3, 0.4) is 0 Å². The third-order valence-corrected chi connectivity index (χ3v) is 8.35. The van der Waals surface area contributed by atoms with Crippen LogP contribution in [0.25, 0.3) is 0 Å². The summed E-state index contributed by atoms with van der Waals surface area (Å²) < 4.78 is 10.5. The Bertz CT molecular complexity index is 1030. The van der Waals surface area contributed by atoms with Crippen molar-refractivity contribution in [2.75, 3.05) is 7.11 Å². The minimum absolute atomic E-state index is 0.00732. The molecule has 35 heavy (non-hydrogen) atoms. The van der Waals surface area contributed by atoms with Crippen LogP contribution in [0.2, 0.25) is 0 Å². The first-order valence-electron chi connectivity index (χ1n) is 12.5. The average Bonchev–Trinajstić information content (AvgIpc) is 3.43. The molecule has 0 radical (unpaired) electrons. The maximum Gasteiger partial charge on any atom is 0.287 e. The molecule has 0 aliphatic heterocycles. The van der Waals surface area contributed by atoms with Gasteiger partial charge < -0.3 is 24.9 Å². The Morgan fingerprint density at radius 1 is 1.11 bits per heavy atom. The van der Waals surface area contributed by atoms with Crippen LogP contribution in [-0.2, 0) is 11.3 Å². The number of furan rings is 1. The Morgan fingerprint density at radius 2 is 1.86 bits per heavy atom. The van der Waals surface area contributed by atoms with Crippen molar-refractivity contribution in [1.82, 2.24) is 10.6 Å². The number of hydrogen-bond acceptors (Lipinski definition) is 5. The molecule has 2 amide bonds. The number of hydrogen-bond donors (Lipinski definition) is 3. The molecular weight excluding hydrogens is 444 g/mol. The van der Waals surface area contributed by atoms with Gasteiger partial charge in [-0.15, -0.1) is 0 Å². The van der Waals surface area contributed by atoms with E-state index in [0.717, 1.165) is 24.2 Å². The SMILES string of the molecule is COc1ccc(CNC(=O)CC[C@@]23CC[C@@](C)(O)C[C@H]2C(C)(C)C[C@@H]3NC(=O)c2ccco2)cc1. The molecule has 2 saturated carbocycles. The number of fused-ring (bicyclic) bond motifs is 1. The maximum atomic E-state index is 12.9. The number of nitrogens with one attached hydrogen (secondary N) is 2. The summed E-state index contributed by atoms with van der Waals surface area (Å²) in [5, 5.41) is 17.2. The number of methoxy groups -OCH3 is 1. The molecule has 3 N–H and O–H groups in total. The Kier molecular flexibility index (Phi) is 7.00. The number of carbonyl (C=O) groups excluding carboxylic acids is 2. The lowest BCUT2D eigenvalue weighted by molar-refractivity contribution is -0.123. The van der Waals surface area contributed by atoms with Crippen molar-refractivity contribution in [1.29, 1.82) is 0 Å². The van der Waals surface area contributed by atoms with Crippen LogP contribution >= 0.6 is 0 Å². The first kappa shape index (κ1) is 25.3. The fourth-order valence-corrected chi connectivity index (χ4v) is 6.45. The van der Waals surface area contributed by atoms with E-state index >= 15 is 0 Å². The van der Waals surface area contributed by atoms with E-state index in [1.807, 2.05) is 31.2 Å². The molecule has 2 fully saturated rings. The predicted molar refractivity (Wildman–Crippen MR) is 133 cm³/mol. The molecular formula is C28H38N2O5. The van der Waals surface area contributed by atoms with Gasteiger partial charge in [0.1, 0.15) is 5.75 Å². The van der Waals surface area contributed by atoms with E-state index in [4.69, 9.17) is 9.15 Å². The van der Waals surface area contributed by atoms with Gasteiger partial charge >= 0.3 is 0 Å². The normalized spacial score (nSPS) is 29.3. The molecule has 1 aromatic heterocycles. The summed E-state index contributed by atoms with van der Waals surface area (Å²) >= 11 is 0. The minimum Gasteiger partial charge on any atom is -0.497 e. The van der Waals surface area contributed by atoms with Crippen LogP contribution < -0.4 is 15.4 Å². The monoisotopic (exact) mass is 482 g/mol. The van der Waals surface area contributed by atoms with E-state index in [1.54, 1.807) is 19.2 Å². The van der Waals surface area contributed by atoms with E-state index in [-0.39, 0.29) is 34.6 Å². The molecule has 0 spiro atoms. The van der Waals surface area contributed by atoms with Crippen LogP contribution in [0.15, 0.2) is 47.1 Å². The van der Waals surface area contributed by atoms with Crippen LogP contribution in [-0.4, -0.2) is 35.7 Å². The molecule has 0 saturated heterocycles. The first-order valence-corrected chi connectivity index (χ1v) is 12.5. The summed E-state index contributed by atoms with van der Waals surface area (Å²) in [4.78, 5) is 25.8. The third kappa shape index (κ3) is 5.40. The largest absolute Gasteiger partial charge is 0.497 e. The second-order valence-electron chi connectivity index (χ2n) is 11.3. The van der Waals surface area contributed by atoms with Crippen LogP contribution in [0.1, 0.15) is 75.4 Å². The fraction of sp³-hybridized carbons (Fsp3) is 0.571. The van der Waals surface area contributed by atoms with Gasteiger partial charge in [0.2, 0.25) is 5.91 Å². The molecule has 7 heteroatoms. The van der Waals surface area contributed by atoms with Gasteiger partial charge in [-0.1, -0.05) is 26.0 Å². The molecule has 1 aromatic carbocycles. The Morgan fingerprint density at radius 3 is 2.51 bits per heavy atom. The van der Waals surface area contributed by atoms with E-state index in [9.17, 15) is 14.7 Å². The fourth-order valence-electron chi connectivity index (χ4n) is 6.45. The smallest absolute Gasteiger partial charge is 0.287 e. The number of aliphatic hydroxyl groups is 1. The quantitative estimate of drug-likeness (QED) is 0.516. The summed E-state index contributed by atoms with van der Waals surface area (Å²) in [5.41, 5.74) is -0.0621. The number of benzene rings is 1. The molecule has 7 nitrogen and oxygen atoms in total. The lowest BCUT2D eigenvalue weighted by Crippen LogP contribution is -2.52. The van der Waals surface area contributed by atoms with Crippen LogP contribution in [0, 0.1) is 16.7 Å². The van der Waals surface area contributed by atoms with Crippen molar-refractivity contribution in [2.45, 2.75) is 77.5 Å². The highest BCUT2D eigenvalue weighted by molar-refractivity contribution is 5.91. The molecule has 2 aliphatic carbocycles. The number of rotatable bonds is 8. The van der Waals surface area contributed by atoms with Crippen molar-refractivity contribution in [2.24, 2.45) is 16.7 Å². The van der Waals surface area contributed by atoms with Crippen LogP contribution in [0.4, 0.5) is 0 Å². The Balaban J connectivity index is 1.48. The van der Waals surface area contributed by atoms with Crippen molar-refractivity contribution in [3.05, 3.63) is 54.0 Å². The van der Waals surface area contributed by atoms with Gasteiger partial charge in [-0.2, -0.15) is 0 Å². The van der Waals surface area contributed by atoms with Gasteiger partial charge in [0, 0.05) is 19.0 Å². The second-order valence-corrected chi connectivity index (χ2v) is 11.3. The highest BCUT2D eigenvalue weighted by atomic mass is 16.5. The molecule has 0 bridgehead atoms. The lowest BCUT2D eigenvalue weighted by Gasteiger charge is -2.50. The number of amides is 2. The van der Waals surface area contributed by atoms with Crippen molar-refractivity contribution >= 4 is 11.8 Å². The van der Waals surface area contributed by atoms with Gasteiger partial charge in [0.15, 0.2) is 5.76 Å². The third-order valence-electron chi connectivity index (χ3n) is 8.35. The Labute approximate surface area is 207 Å². The highest BCUT2D eigenvalue weighted by Gasteiger charge is 2.61. The summed E-state index contributed by atoms with van der Waals surface area (Å²) in [5.74, 6) is 1.03. The zero-order valence-electron chi connectivity index (χ0n) is 21.2. The van der Waals surface area contributed by atoms with E-state index in [1.165, 1.54) is 6.26 Å². The maximum absolute atomic E-state index is 12.9. The zero-order valence-corrected chi connectivity index (χ0v) is 21.2. The second kappa shape index (κ2) is 9.69. The summed E-state index contributed by atoms with van der Waals surface area (Å²) in [6, 6.07) is 10.9. The van der Waals surface area contributed by atoms with E-state index in [2.05, 4.69) is 24.5 Å². The van der Waals surface area contributed by atoms with Crippen molar-refractivity contribution < 1.29 is 23.8 Å².